The quantitative estimate of drug-likeness (QED) is 0.901. The Morgan fingerprint density at radius 2 is 2.00 bits per heavy atom. The molecule has 1 aromatic rings. The zero-order valence-corrected chi connectivity index (χ0v) is 10.1. The van der Waals surface area contributed by atoms with Crippen LogP contribution < -0.4 is 0 Å². The van der Waals surface area contributed by atoms with Gasteiger partial charge in [0.25, 0.3) is 0 Å². The van der Waals surface area contributed by atoms with Crippen molar-refractivity contribution in [1.82, 2.24) is 4.90 Å². The van der Waals surface area contributed by atoms with E-state index in [0.717, 1.165) is 12.5 Å². The maximum atomic E-state index is 13.1. The third-order valence-corrected chi connectivity index (χ3v) is 3.55. The van der Waals surface area contributed by atoms with E-state index in [1.54, 1.807) is 11.8 Å². The molecule has 1 aliphatic rings. The summed E-state index contributed by atoms with van der Waals surface area (Å²) in [5.41, 5.74) is -0.482. The van der Waals surface area contributed by atoms with Gasteiger partial charge in [-0.25, -0.2) is 8.78 Å². The van der Waals surface area contributed by atoms with Gasteiger partial charge in [0.2, 0.25) is 0 Å². The minimum atomic E-state index is -0.942. The highest BCUT2D eigenvalue weighted by Crippen LogP contribution is 2.30. The lowest BCUT2D eigenvalue weighted by Gasteiger charge is -2.31. The molecule has 1 saturated heterocycles. The first-order valence-corrected chi connectivity index (χ1v) is 5.85. The fourth-order valence-corrected chi connectivity index (χ4v) is 2.44. The smallest absolute Gasteiger partial charge is 0.323 e. The SMILES string of the molecule is CC1(C(=O)O)CCCN1Cc1cc(F)cc(F)c1. The van der Waals surface area contributed by atoms with Gasteiger partial charge < -0.3 is 5.11 Å². The number of nitrogens with zero attached hydrogens (tertiary/aromatic N) is 1. The maximum absolute atomic E-state index is 13.1. The zero-order valence-electron chi connectivity index (χ0n) is 10.1. The number of carboxylic acids is 1. The first-order chi connectivity index (χ1) is 8.41. The van der Waals surface area contributed by atoms with Gasteiger partial charge in [0.1, 0.15) is 17.2 Å². The van der Waals surface area contributed by atoms with Crippen LogP contribution in [0.15, 0.2) is 18.2 Å². The first-order valence-electron chi connectivity index (χ1n) is 5.85. The van der Waals surface area contributed by atoms with Gasteiger partial charge in [-0.1, -0.05) is 0 Å². The minimum absolute atomic E-state index is 0.248. The second-order valence-corrected chi connectivity index (χ2v) is 4.88. The highest BCUT2D eigenvalue weighted by Gasteiger charge is 2.43. The van der Waals surface area contributed by atoms with Crippen LogP contribution in [0.25, 0.3) is 0 Å². The van der Waals surface area contributed by atoms with Crippen LogP contribution in [0.3, 0.4) is 0 Å². The van der Waals surface area contributed by atoms with E-state index in [0.29, 0.717) is 18.5 Å². The number of halogens is 2. The van der Waals surface area contributed by atoms with E-state index in [4.69, 9.17) is 0 Å². The molecule has 2 rings (SSSR count). The summed E-state index contributed by atoms with van der Waals surface area (Å²) < 4.78 is 26.2. The molecule has 0 bridgehead atoms. The Hall–Kier alpha value is -1.49. The van der Waals surface area contributed by atoms with Gasteiger partial charge in [0.15, 0.2) is 0 Å². The van der Waals surface area contributed by atoms with Gasteiger partial charge >= 0.3 is 5.97 Å². The topological polar surface area (TPSA) is 40.5 Å². The molecule has 1 N–H and O–H groups in total. The van der Waals surface area contributed by atoms with E-state index >= 15 is 0 Å². The number of carboxylic acid groups (broad SMARTS) is 1. The van der Waals surface area contributed by atoms with Crippen molar-refractivity contribution < 1.29 is 18.7 Å². The predicted molar refractivity (Wildman–Crippen MR) is 62.0 cm³/mol. The van der Waals surface area contributed by atoms with Crippen LogP contribution in [0.5, 0.6) is 0 Å². The fourth-order valence-electron chi connectivity index (χ4n) is 2.44. The molecule has 0 saturated carbocycles. The predicted octanol–water partition coefficient (Wildman–Crippen LogP) is 2.40. The average Bonchev–Trinajstić information content (AvgIpc) is 2.60. The average molecular weight is 255 g/mol. The summed E-state index contributed by atoms with van der Waals surface area (Å²) in [5.74, 6) is -2.17. The molecule has 98 valence electrons. The number of rotatable bonds is 3. The van der Waals surface area contributed by atoms with Gasteiger partial charge in [0.05, 0.1) is 0 Å². The minimum Gasteiger partial charge on any atom is -0.480 e. The first kappa shape index (κ1) is 13.0. The number of hydrogen-bond acceptors (Lipinski definition) is 2. The molecule has 1 unspecified atom stereocenters. The molecule has 5 heteroatoms. The van der Waals surface area contributed by atoms with Crippen molar-refractivity contribution in [3.63, 3.8) is 0 Å². The Bertz CT molecular complexity index is 458. The number of likely N-dealkylation sites (tertiary alicyclic amines) is 1. The lowest BCUT2D eigenvalue weighted by Crippen LogP contribution is -2.47. The number of carbonyl (C=O) groups is 1. The Labute approximate surface area is 104 Å². The molecular formula is C13H15F2NO2. The summed E-state index contributed by atoms with van der Waals surface area (Å²) in [5, 5.41) is 9.24. The van der Waals surface area contributed by atoms with Crippen LogP contribution in [-0.4, -0.2) is 28.1 Å². The van der Waals surface area contributed by atoms with Crippen LogP contribution in [0, 0.1) is 11.6 Å². The standard InChI is InChI=1S/C13H15F2NO2/c1-13(12(17)18)3-2-4-16(13)8-9-5-10(14)7-11(15)6-9/h5-7H,2-4,8H2,1H3,(H,17,18). The summed E-state index contributed by atoms with van der Waals surface area (Å²) >= 11 is 0. The molecule has 0 aliphatic carbocycles. The monoisotopic (exact) mass is 255 g/mol. The van der Waals surface area contributed by atoms with Crippen molar-refractivity contribution in [2.45, 2.75) is 31.8 Å². The number of hydrogen-bond donors (Lipinski definition) is 1. The Morgan fingerprint density at radius 3 is 2.56 bits per heavy atom. The number of benzene rings is 1. The fraction of sp³-hybridized carbons (Fsp3) is 0.462. The zero-order chi connectivity index (χ0) is 13.3. The van der Waals surface area contributed by atoms with Crippen LogP contribution in [-0.2, 0) is 11.3 Å². The van der Waals surface area contributed by atoms with Crippen LogP contribution in [0.1, 0.15) is 25.3 Å². The molecule has 0 amide bonds. The van der Waals surface area contributed by atoms with E-state index in [-0.39, 0.29) is 6.54 Å². The van der Waals surface area contributed by atoms with Crippen molar-refractivity contribution in [2.75, 3.05) is 6.54 Å². The molecule has 1 heterocycles. The second kappa shape index (κ2) is 4.65. The molecule has 0 spiro atoms. The van der Waals surface area contributed by atoms with Gasteiger partial charge in [-0.15, -0.1) is 0 Å². The molecule has 0 aromatic heterocycles. The van der Waals surface area contributed by atoms with E-state index in [1.165, 1.54) is 12.1 Å². The van der Waals surface area contributed by atoms with Crippen molar-refractivity contribution in [3.8, 4) is 0 Å². The Morgan fingerprint density at radius 1 is 1.39 bits per heavy atom. The molecule has 3 nitrogen and oxygen atoms in total. The van der Waals surface area contributed by atoms with E-state index in [1.807, 2.05) is 0 Å². The van der Waals surface area contributed by atoms with Crippen molar-refractivity contribution in [1.29, 1.82) is 0 Å². The van der Waals surface area contributed by atoms with Gasteiger partial charge in [-0.3, -0.25) is 9.69 Å². The van der Waals surface area contributed by atoms with Crippen molar-refractivity contribution in [2.24, 2.45) is 0 Å². The van der Waals surface area contributed by atoms with Crippen LogP contribution >= 0.6 is 0 Å². The maximum Gasteiger partial charge on any atom is 0.323 e. The normalized spacial score (nSPS) is 24.4. The summed E-state index contributed by atoms with van der Waals surface area (Å²) in [6.07, 6.45) is 1.33. The summed E-state index contributed by atoms with van der Waals surface area (Å²) in [6, 6.07) is 3.29. The third kappa shape index (κ3) is 2.36. The van der Waals surface area contributed by atoms with Crippen LogP contribution in [0.2, 0.25) is 0 Å². The summed E-state index contributed by atoms with van der Waals surface area (Å²) in [4.78, 5) is 13.0. The van der Waals surface area contributed by atoms with Gasteiger partial charge in [-0.05, 0) is 44.0 Å². The number of aliphatic carboxylic acids is 1. The molecule has 1 atom stereocenters. The van der Waals surface area contributed by atoms with Crippen molar-refractivity contribution in [3.05, 3.63) is 35.4 Å². The highest BCUT2D eigenvalue weighted by atomic mass is 19.1. The van der Waals surface area contributed by atoms with E-state index in [2.05, 4.69) is 0 Å². The second-order valence-electron chi connectivity index (χ2n) is 4.88. The molecule has 1 aliphatic heterocycles. The van der Waals surface area contributed by atoms with Gasteiger partial charge in [-0.2, -0.15) is 0 Å². The molecular weight excluding hydrogens is 240 g/mol. The van der Waals surface area contributed by atoms with E-state index in [9.17, 15) is 18.7 Å². The van der Waals surface area contributed by atoms with Gasteiger partial charge in [0, 0.05) is 12.6 Å². The molecule has 0 radical (unpaired) electrons. The summed E-state index contributed by atoms with van der Waals surface area (Å²) in [6.45, 7) is 2.52. The lowest BCUT2D eigenvalue weighted by atomic mass is 9.99. The van der Waals surface area contributed by atoms with E-state index < -0.39 is 23.1 Å². The highest BCUT2D eigenvalue weighted by molar-refractivity contribution is 5.78. The molecule has 1 fully saturated rings. The summed E-state index contributed by atoms with van der Waals surface area (Å²) in [7, 11) is 0. The largest absolute Gasteiger partial charge is 0.480 e. The molecule has 1 aromatic carbocycles. The van der Waals surface area contributed by atoms with Crippen LogP contribution in [0.4, 0.5) is 8.78 Å². The Kier molecular flexibility index (Phi) is 3.34. The third-order valence-electron chi connectivity index (χ3n) is 3.55. The molecule has 18 heavy (non-hydrogen) atoms. The Balaban J connectivity index is 2.20. The van der Waals surface area contributed by atoms with Crippen molar-refractivity contribution >= 4 is 5.97 Å². The lowest BCUT2D eigenvalue weighted by molar-refractivity contribution is -0.148.